The molecule has 3 N–H and O–H groups in total. The van der Waals surface area contributed by atoms with Gasteiger partial charge in [-0.3, -0.25) is 5.10 Å². The van der Waals surface area contributed by atoms with Crippen molar-refractivity contribution in [1.82, 2.24) is 15.5 Å². The zero-order valence-corrected chi connectivity index (χ0v) is 9.96. The minimum absolute atomic E-state index is 0. The molecule has 0 spiro atoms. The summed E-state index contributed by atoms with van der Waals surface area (Å²) in [6, 6.07) is 0.595. The standard InChI is InChI=1S/C11H17N3O.ClH/c15-6-7-1-8-2-11-9(5-13-14-11)3-10(8)12-4-7;/h5,7-8,10,12,15H,1-4,6H2,(H,13,14);1H/t7-,8-,10?;/m1./s1. The molecule has 0 saturated carbocycles. The molecule has 5 heteroatoms. The molecular formula is C11H18ClN3O. The van der Waals surface area contributed by atoms with Gasteiger partial charge in [-0.1, -0.05) is 0 Å². The Hall–Kier alpha value is -0.580. The van der Waals surface area contributed by atoms with Crippen LogP contribution in [0, 0.1) is 11.8 Å². The van der Waals surface area contributed by atoms with Crippen molar-refractivity contribution in [2.24, 2.45) is 11.8 Å². The molecule has 1 aromatic rings. The van der Waals surface area contributed by atoms with Crippen LogP contribution in [0.2, 0.25) is 0 Å². The summed E-state index contributed by atoms with van der Waals surface area (Å²) in [6.45, 7) is 1.27. The zero-order valence-electron chi connectivity index (χ0n) is 9.15. The summed E-state index contributed by atoms with van der Waals surface area (Å²) < 4.78 is 0. The molecule has 0 bridgehead atoms. The highest BCUT2D eigenvalue weighted by molar-refractivity contribution is 5.85. The lowest BCUT2D eigenvalue weighted by Gasteiger charge is -2.39. The van der Waals surface area contributed by atoms with E-state index in [1.165, 1.54) is 11.3 Å². The lowest BCUT2D eigenvalue weighted by molar-refractivity contribution is 0.138. The normalized spacial score (nSPS) is 32.4. The van der Waals surface area contributed by atoms with Gasteiger partial charge in [0.2, 0.25) is 0 Å². The second-order valence-electron chi connectivity index (χ2n) is 4.84. The topological polar surface area (TPSA) is 60.9 Å². The van der Waals surface area contributed by atoms with E-state index in [0.29, 0.717) is 24.5 Å². The van der Waals surface area contributed by atoms with E-state index in [4.69, 9.17) is 0 Å². The van der Waals surface area contributed by atoms with Crippen molar-refractivity contribution in [1.29, 1.82) is 0 Å². The molecule has 4 nitrogen and oxygen atoms in total. The third kappa shape index (κ3) is 1.97. The molecule has 1 unspecified atom stereocenters. The summed E-state index contributed by atoms with van der Waals surface area (Å²) in [4.78, 5) is 0. The Balaban J connectivity index is 0.000000963. The van der Waals surface area contributed by atoms with Crippen molar-refractivity contribution < 1.29 is 5.11 Å². The van der Waals surface area contributed by atoms with Crippen LogP contribution in [0.1, 0.15) is 17.7 Å². The van der Waals surface area contributed by atoms with Gasteiger partial charge in [-0.2, -0.15) is 5.10 Å². The first kappa shape index (κ1) is 11.9. The largest absolute Gasteiger partial charge is 0.396 e. The second-order valence-corrected chi connectivity index (χ2v) is 4.84. The van der Waals surface area contributed by atoms with E-state index in [1.54, 1.807) is 0 Å². The fourth-order valence-electron chi connectivity index (χ4n) is 2.95. The monoisotopic (exact) mass is 243 g/mol. The number of H-pyrrole nitrogens is 1. The maximum atomic E-state index is 9.18. The fourth-order valence-corrected chi connectivity index (χ4v) is 2.95. The number of aromatic nitrogens is 2. The molecule has 3 atom stereocenters. The van der Waals surface area contributed by atoms with Crippen LogP contribution >= 0.6 is 12.4 Å². The summed E-state index contributed by atoms with van der Waals surface area (Å²) in [5, 5.41) is 19.9. The van der Waals surface area contributed by atoms with Gasteiger partial charge in [0.25, 0.3) is 0 Å². The Bertz CT molecular complexity index is 355. The molecule has 90 valence electrons. The van der Waals surface area contributed by atoms with E-state index in [-0.39, 0.29) is 12.4 Å². The molecule has 3 rings (SSSR count). The Morgan fingerprint density at radius 3 is 3.12 bits per heavy atom. The highest BCUT2D eigenvalue weighted by Crippen LogP contribution is 2.31. The molecule has 16 heavy (non-hydrogen) atoms. The van der Waals surface area contributed by atoms with Gasteiger partial charge in [0.05, 0.1) is 6.20 Å². The molecule has 0 amide bonds. The Morgan fingerprint density at radius 1 is 1.44 bits per heavy atom. The van der Waals surface area contributed by atoms with Gasteiger partial charge in [-0.15, -0.1) is 12.4 Å². The minimum atomic E-state index is 0. The number of hydrogen-bond donors (Lipinski definition) is 3. The van der Waals surface area contributed by atoms with E-state index in [0.717, 1.165) is 25.8 Å². The van der Waals surface area contributed by atoms with Crippen molar-refractivity contribution in [3.8, 4) is 0 Å². The second kappa shape index (κ2) is 4.73. The number of nitrogens with one attached hydrogen (secondary N) is 2. The van der Waals surface area contributed by atoms with Crippen LogP contribution in [0.3, 0.4) is 0 Å². The van der Waals surface area contributed by atoms with Crippen molar-refractivity contribution in [2.75, 3.05) is 13.2 Å². The average molecular weight is 244 g/mol. The Kier molecular flexibility index (Phi) is 3.52. The van der Waals surface area contributed by atoms with E-state index < -0.39 is 0 Å². The summed E-state index contributed by atoms with van der Waals surface area (Å²) in [6.07, 6.45) is 5.27. The van der Waals surface area contributed by atoms with E-state index in [9.17, 15) is 5.11 Å². The van der Waals surface area contributed by atoms with Crippen LogP contribution < -0.4 is 5.32 Å². The lowest BCUT2D eigenvalue weighted by Crippen LogP contribution is -2.49. The van der Waals surface area contributed by atoms with E-state index >= 15 is 0 Å². The first-order valence-electron chi connectivity index (χ1n) is 5.72. The number of hydrogen-bond acceptors (Lipinski definition) is 3. The molecule has 2 aliphatic rings. The molecule has 1 aliphatic heterocycles. The first-order valence-corrected chi connectivity index (χ1v) is 5.72. The number of rotatable bonds is 1. The van der Waals surface area contributed by atoms with Crippen molar-refractivity contribution in [2.45, 2.75) is 25.3 Å². The lowest BCUT2D eigenvalue weighted by atomic mass is 9.76. The zero-order chi connectivity index (χ0) is 10.3. The molecule has 1 aliphatic carbocycles. The number of aliphatic hydroxyl groups excluding tert-OH is 1. The van der Waals surface area contributed by atoms with Crippen molar-refractivity contribution >= 4 is 12.4 Å². The number of fused-ring (bicyclic) bond motifs is 2. The number of aliphatic hydroxyl groups is 1. The van der Waals surface area contributed by atoms with Gasteiger partial charge in [0, 0.05) is 24.9 Å². The van der Waals surface area contributed by atoms with Crippen LogP contribution in [-0.4, -0.2) is 34.5 Å². The van der Waals surface area contributed by atoms with Gasteiger partial charge in [-0.05, 0) is 36.7 Å². The summed E-state index contributed by atoms with van der Waals surface area (Å²) >= 11 is 0. The van der Waals surface area contributed by atoms with E-state index in [1.807, 2.05) is 6.20 Å². The summed E-state index contributed by atoms with van der Waals surface area (Å²) in [7, 11) is 0. The predicted molar refractivity (Wildman–Crippen MR) is 63.7 cm³/mol. The van der Waals surface area contributed by atoms with Crippen LogP contribution in [0.5, 0.6) is 0 Å². The third-order valence-electron chi connectivity index (χ3n) is 3.85. The molecule has 0 aromatic carbocycles. The van der Waals surface area contributed by atoms with Gasteiger partial charge in [0.1, 0.15) is 0 Å². The molecule has 1 fully saturated rings. The molecule has 1 aromatic heterocycles. The van der Waals surface area contributed by atoms with Crippen LogP contribution in [0.25, 0.3) is 0 Å². The van der Waals surface area contributed by atoms with Gasteiger partial charge >= 0.3 is 0 Å². The molecule has 0 radical (unpaired) electrons. The number of halogens is 1. The van der Waals surface area contributed by atoms with E-state index in [2.05, 4.69) is 15.5 Å². The Labute approximate surface area is 101 Å². The highest BCUT2D eigenvalue weighted by atomic mass is 35.5. The quantitative estimate of drug-likeness (QED) is 0.674. The summed E-state index contributed by atoms with van der Waals surface area (Å²) in [5.41, 5.74) is 2.67. The maximum Gasteiger partial charge on any atom is 0.0522 e. The van der Waals surface area contributed by atoms with Crippen molar-refractivity contribution in [3.05, 3.63) is 17.5 Å². The average Bonchev–Trinajstić information content (AvgIpc) is 2.72. The number of aromatic amines is 1. The SMILES string of the molecule is Cl.OC[C@H]1CNC2Cc3cn[nH]c3C[C@H]2C1. The van der Waals surface area contributed by atoms with Crippen LogP contribution in [0.4, 0.5) is 0 Å². The number of piperidine rings is 1. The minimum Gasteiger partial charge on any atom is -0.396 e. The summed E-state index contributed by atoms with van der Waals surface area (Å²) in [5.74, 6) is 1.11. The first-order chi connectivity index (χ1) is 7.36. The molecule has 1 saturated heterocycles. The predicted octanol–water partition coefficient (Wildman–Crippen LogP) is 0.517. The highest BCUT2D eigenvalue weighted by Gasteiger charge is 2.34. The molecule has 2 heterocycles. The fraction of sp³-hybridized carbons (Fsp3) is 0.727. The van der Waals surface area contributed by atoms with Gasteiger partial charge < -0.3 is 10.4 Å². The molecular weight excluding hydrogens is 226 g/mol. The van der Waals surface area contributed by atoms with Crippen molar-refractivity contribution in [3.63, 3.8) is 0 Å². The van der Waals surface area contributed by atoms with Gasteiger partial charge in [-0.25, -0.2) is 0 Å². The number of nitrogens with zero attached hydrogens (tertiary/aromatic N) is 1. The maximum absolute atomic E-state index is 9.18. The van der Waals surface area contributed by atoms with Crippen LogP contribution in [0.15, 0.2) is 6.20 Å². The smallest absolute Gasteiger partial charge is 0.0522 e. The third-order valence-corrected chi connectivity index (χ3v) is 3.85. The van der Waals surface area contributed by atoms with Crippen LogP contribution in [-0.2, 0) is 12.8 Å². The van der Waals surface area contributed by atoms with Gasteiger partial charge in [0.15, 0.2) is 0 Å². The Morgan fingerprint density at radius 2 is 2.31 bits per heavy atom.